The number of hydrogen-bond acceptors (Lipinski definition) is 5. The highest BCUT2D eigenvalue weighted by Gasteiger charge is 2.40. The van der Waals surface area contributed by atoms with E-state index in [1.807, 2.05) is 55.8 Å². The number of amides is 2. The fourth-order valence-electron chi connectivity index (χ4n) is 4.17. The molecular weight excluding hydrogens is 476 g/mol. The normalized spacial score (nSPS) is 17.1. The summed E-state index contributed by atoms with van der Waals surface area (Å²) in [6, 6.07) is 12.4. The molecule has 186 valence electrons. The zero-order valence-electron chi connectivity index (χ0n) is 21.3. The van der Waals surface area contributed by atoms with Gasteiger partial charge in [0, 0.05) is 21.9 Å². The highest BCUT2D eigenvalue weighted by atomic mass is 32.2. The van der Waals surface area contributed by atoms with Gasteiger partial charge in [-0.1, -0.05) is 51.5 Å². The molecule has 0 radical (unpaired) electrons. The number of aryl methyl sites for hydroxylation is 1. The Labute approximate surface area is 216 Å². The molecule has 0 unspecified atom stereocenters. The molecule has 0 spiro atoms. The largest absolute Gasteiger partial charge is 0.352 e. The summed E-state index contributed by atoms with van der Waals surface area (Å²) in [7, 11) is 0. The number of carbonyl (C=O) groups is 2. The van der Waals surface area contributed by atoms with Crippen LogP contribution in [0.4, 0.5) is 5.82 Å². The molecule has 8 heteroatoms. The Morgan fingerprint density at radius 2 is 1.94 bits per heavy atom. The fraction of sp³-hybridized carbons (Fsp3) is 0.444. The van der Waals surface area contributed by atoms with Crippen LogP contribution < -0.4 is 10.2 Å². The summed E-state index contributed by atoms with van der Waals surface area (Å²) in [5.41, 5.74) is 3.73. The number of anilines is 1. The zero-order chi connectivity index (χ0) is 25.3. The van der Waals surface area contributed by atoms with Crippen LogP contribution in [0.2, 0.25) is 0 Å². The van der Waals surface area contributed by atoms with Crippen molar-refractivity contribution in [2.45, 2.75) is 64.7 Å². The van der Waals surface area contributed by atoms with E-state index in [1.54, 1.807) is 28.0 Å². The Hall–Kier alpha value is -2.58. The fourth-order valence-corrected chi connectivity index (χ4v) is 6.35. The Bertz CT molecular complexity index is 1190. The molecule has 0 aliphatic carbocycles. The number of thiophene rings is 1. The van der Waals surface area contributed by atoms with Gasteiger partial charge in [-0.3, -0.25) is 14.5 Å². The molecule has 0 bridgehead atoms. The first-order chi connectivity index (χ1) is 16.6. The first-order valence-electron chi connectivity index (χ1n) is 12.0. The van der Waals surface area contributed by atoms with E-state index < -0.39 is 0 Å². The van der Waals surface area contributed by atoms with Gasteiger partial charge in [0.15, 0.2) is 0 Å². The highest BCUT2D eigenvalue weighted by Crippen LogP contribution is 2.49. The van der Waals surface area contributed by atoms with Gasteiger partial charge >= 0.3 is 0 Å². The first-order valence-corrected chi connectivity index (χ1v) is 14.0. The third kappa shape index (κ3) is 5.33. The summed E-state index contributed by atoms with van der Waals surface area (Å²) in [6.45, 7) is 12.5. The number of hydrogen-bond donors (Lipinski definition) is 1. The molecule has 0 saturated carbocycles. The minimum Gasteiger partial charge on any atom is -0.352 e. The maximum absolute atomic E-state index is 13.6. The van der Waals surface area contributed by atoms with Crippen molar-refractivity contribution in [3.63, 3.8) is 0 Å². The van der Waals surface area contributed by atoms with Crippen molar-refractivity contribution < 1.29 is 9.59 Å². The minimum absolute atomic E-state index is 0.0327. The highest BCUT2D eigenvalue weighted by molar-refractivity contribution is 8.00. The van der Waals surface area contributed by atoms with Crippen molar-refractivity contribution in [1.82, 2.24) is 15.1 Å². The molecule has 6 nitrogen and oxygen atoms in total. The van der Waals surface area contributed by atoms with Crippen LogP contribution in [0.1, 0.15) is 68.0 Å². The third-order valence-electron chi connectivity index (χ3n) is 6.20. The second-order valence-electron chi connectivity index (χ2n) is 10.1. The van der Waals surface area contributed by atoms with Crippen LogP contribution in [-0.4, -0.2) is 39.9 Å². The molecule has 3 heterocycles. The topological polar surface area (TPSA) is 67.2 Å². The van der Waals surface area contributed by atoms with Gasteiger partial charge in [0.2, 0.25) is 11.8 Å². The maximum atomic E-state index is 13.6. The van der Waals surface area contributed by atoms with Crippen LogP contribution >= 0.6 is 23.1 Å². The van der Waals surface area contributed by atoms with Crippen molar-refractivity contribution in [3.05, 3.63) is 63.5 Å². The lowest BCUT2D eigenvalue weighted by molar-refractivity contribution is -0.123. The summed E-state index contributed by atoms with van der Waals surface area (Å²) < 4.78 is 1.87. The molecular formula is C27H34N4O2S2. The molecule has 1 N–H and O–H groups in total. The van der Waals surface area contributed by atoms with Crippen LogP contribution in [0.3, 0.4) is 0 Å². The smallest absolute Gasteiger partial charge is 0.240 e. The molecule has 0 saturated heterocycles. The number of nitrogens with zero attached hydrogens (tertiary/aromatic N) is 3. The van der Waals surface area contributed by atoms with Crippen LogP contribution in [0.25, 0.3) is 5.69 Å². The Kier molecular flexibility index (Phi) is 7.43. The van der Waals surface area contributed by atoms with E-state index in [9.17, 15) is 9.59 Å². The van der Waals surface area contributed by atoms with Crippen molar-refractivity contribution in [1.29, 1.82) is 0 Å². The minimum atomic E-state index is -0.256. The van der Waals surface area contributed by atoms with E-state index in [4.69, 9.17) is 5.10 Å². The Morgan fingerprint density at radius 3 is 2.54 bits per heavy atom. The summed E-state index contributed by atoms with van der Waals surface area (Å²) in [4.78, 5) is 29.4. The van der Waals surface area contributed by atoms with Gasteiger partial charge in [0.1, 0.15) is 12.4 Å². The van der Waals surface area contributed by atoms with Gasteiger partial charge in [0.25, 0.3) is 0 Å². The van der Waals surface area contributed by atoms with Crippen LogP contribution in [0, 0.1) is 6.92 Å². The number of nitrogens with one attached hydrogen (secondary N) is 1. The monoisotopic (exact) mass is 510 g/mol. The van der Waals surface area contributed by atoms with Crippen molar-refractivity contribution in [2.75, 3.05) is 17.2 Å². The molecule has 2 amide bonds. The first kappa shape index (κ1) is 25.5. The van der Waals surface area contributed by atoms with E-state index >= 15 is 0 Å². The lowest BCUT2D eigenvalue weighted by Crippen LogP contribution is -2.44. The number of rotatable bonds is 6. The van der Waals surface area contributed by atoms with E-state index in [0.717, 1.165) is 28.9 Å². The molecule has 0 fully saturated rings. The Morgan fingerprint density at radius 1 is 1.23 bits per heavy atom. The summed E-state index contributed by atoms with van der Waals surface area (Å²) in [5.74, 6) is 0.757. The van der Waals surface area contributed by atoms with Crippen LogP contribution in [-0.2, 0) is 15.0 Å². The summed E-state index contributed by atoms with van der Waals surface area (Å²) in [5, 5.41) is 10.2. The van der Waals surface area contributed by atoms with Crippen molar-refractivity contribution in [3.8, 4) is 5.69 Å². The predicted octanol–water partition coefficient (Wildman–Crippen LogP) is 5.62. The molecule has 1 aliphatic rings. The maximum Gasteiger partial charge on any atom is 0.240 e. The quantitative estimate of drug-likeness (QED) is 0.467. The van der Waals surface area contributed by atoms with Crippen LogP contribution in [0.15, 0.2) is 41.8 Å². The second-order valence-corrected chi connectivity index (χ2v) is 12.2. The van der Waals surface area contributed by atoms with Gasteiger partial charge in [-0.15, -0.1) is 23.1 Å². The molecule has 2 atom stereocenters. The summed E-state index contributed by atoms with van der Waals surface area (Å²) >= 11 is 3.31. The predicted molar refractivity (Wildman–Crippen MR) is 146 cm³/mol. The molecule has 3 aromatic rings. The molecule has 4 rings (SSSR count). The zero-order valence-corrected chi connectivity index (χ0v) is 22.9. The lowest BCUT2D eigenvalue weighted by Gasteiger charge is -2.24. The van der Waals surface area contributed by atoms with Crippen molar-refractivity contribution >= 4 is 40.7 Å². The Balaban J connectivity index is 1.95. The van der Waals surface area contributed by atoms with Crippen LogP contribution in [0.5, 0.6) is 0 Å². The average Bonchev–Trinajstić information content (AvgIpc) is 3.44. The van der Waals surface area contributed by atoms with E-state index in [2.05, 4.69) is 37.5 Å². The van der Waals surface area contributed by atoms with E-state index in [0.29, 0.717) is 11.6 Å². The molecule has 35 heavy (non-hydrogen) atoms. The molecule has 2 aromatic heterocycles. The van der Waals surface area contributed by atoms with Gasteiger partial charge in [0.05, 0.1) is 22.4 Å². The number of fused-ring (bicyclic) bond motifs is 1. The number of carbonyl (C=O) groups excluding carboxylic acids is 2. The van der Waals surface area contributed by atoms with Gasteiger partial charge in [-0.25, -0.2) is 4.68 Å². The summed E-state index contributed by atoms with van der Waals surface area (Å²) in [6.07, 6.45) is 0.830. The second kappa shape index (κ2) is 10.2. The lowest BCUT2D eigenvalue weighted by atomic mass is 9.88. The number of benzene rings is 1. The van der Waals surface area contributed by atoms with E-state index in [-0.39, 0.29) is 35.1 Å². The van der Waals surface area contributed by atoms with Gasteiger partial charge < -0.3 is 5.32 Å². The molecule has 1 aromatic carbocycles. The van der Waals surface area contributed by atoms with E-state index in [1.165, 1.54) is 4.88 Å². The number of thioether (sulfide) groups is 1. The standard InChI is InChI=1S/C27H34N4O2S2/c1-7-18(3)28-21(32)15-30-22(33)16-35-24(20-9-8-14-34-20)23-25(27(4,5)6)29-31(26(23)30)19-12-10-17(2)11-13-19/h8-14,18,24H,7,15-16H2,1-6H3,(H,28,32)/t18-,24-/m1/s1. The SMILES string of the molecule is CC[C@@H](C)NC(=O)CN1C(=O)CS[C@H](c2cccs2)c2c(C(C)(C)C)nn(-c3ccc(C)cc3)c21. The van der Waals surface area contributed by atoms with Gasteiger partial charge in [-0.2, -0.15) is 5.10 Å². The molecule has 1 aliphatic heterocycles. The number of aromatic nitrogens is 2. The average molecular weight is 511 g/mol. The van der Waals surface area contributed by atoms with Gasteiger partial charge in [-0.05, 0) is 43.8 Å². The van der Waals surface area contributed by atoms with Crippen molar-refractivity contribution in [2.24, 2.45) is 0 Å². The third-order valence-corrected chi connectivity index (χ3v) is 8.52.